The van der Waals surface area contributed by atoms with E-state index in [0.29, 0.717) is 5.75 Å². The SMILES string of the molecule is CC=Cc1ccc(O[C@@H]2O[C@H](CO[C@H]3O[C@H](C)[C@@H](O)[C@H](O)[C@@H]3O)[C@@H](O)[C@H](O)[C@H]2O)cc1. The molecule has 0 aliphatic carbocycles. The molecule has 2 saturated heterocycles. The minimum absolute atomic E-state index is 0.345. The van der Waals surface area contributed by atoms with E-state index < -0.39 is 61.4 Å². The van der Waals surface area contributed by atoms with Gasteiger partial charge in [0, 0.05) is 0 Å². The second kappa shape index (κ2) is 10.3. The van der Waals surface area contributed by atoms with Gasteiger partial charge in [0.1, 0.15) is 48.5 Å². The highest BCUT2D eigenvalue weighted by Gasteiger charge is 2.47. The molecular weight excluding hydrogens is 412 g/mol. The minimum atomic E-state index is -1.57. The van der Waals surface area contributed by atoms with Crippen LogP contribution in [-0.2, 0) is 14.2 Å². The Morgan fingerprint density at radius 1 is 0.806 bits per heavy atom. The molecule has 3 rings (SSSR count). The topological polar surface area (TPSA) is 158 Å². The predicted octanol–water partition coefficient (Wildman–Crippen LogP) is -1.25. The summed E-state index contributed by atoms with van der Waals surface area (Å²) in [5.74, 6) is 0.387. The van der Waals surface area contributed by atoms with Crippen LogP contribution >= 0.6 is 0 Å². The van der Waals surface area contributed by atoms with Crippen LogP contribution in [0.3, 0.4) is 0 Å². The van der Waals surface area contributed by atoms with Gasteiger partial charge in [-0.25, -0.2) is 0 Å². The summed E-state index contributed by atoms with van der Waals surface area (Å²) in [4.78, 5) is 0. The first-order valence-electron chi connectivity index (χ1n) is 10.1. The van der Waals surface area contributed by atoms with Gasteiger partial charge in [0.2, 0.25) is 6.29 Å². The lowest BCUT2D eigenvalue weighted by atomic mass is 9.98. The minimum Gasteiger partial charge on any atom is -0.462 e. The molecule has 10 atom stereocenters. The van der Waals surface area contributed by atoms with E-state index in [0.717, 1.165) is 5.56 Å². The molecule has 0 aromatic heterocycles. The van der Waals surface area contributed by atoms with Crippen molar-refractivity contribution in [3.63, 3.8) is 0 Å². The fourth-order valence-electron chi connectivity index (χ4n) is 3.48. The smallest absolute Gasteiger partial charge is 0.229 e. The van der Waals surface area contributed by atoms with Crippen LogP contribution in [0.5, 0.6) is 5.75 Å². The van der Waals surface area contributed by atoms with E-state index in [1.54, 1.807) is 24.3 Å². The Bertz CT molecular complexity index is 725. The number of benzene rings is 1. The van der Waals surface area contributed by atoms with Crippen molar-refractivity contribution >= 4 is 6.08 Å². The van der Waals surface area contributed by atoms with Gasteiger partial charge in [-0.2, -0.15) is 0 Å². The molecule has 1 aromatic rings. The van der Waals surface area contributed by atoms with Crippen LogP contribution in [0.1, 0.15) is 19.4 Å². The third-order valence-electron chi connectivity index (χ3n) is 5.39. The maximum Gasteiger partial charge on any atom is 0.229 e. The van der Waals surface area contributed by atoms with Gasteiger partial charge in [-0.3, -0.25) is 0 Å². The molecular formula is C21H30O10. The van der Waals surface area contributed by atoms with E-state index in [1.807, 2.05) is 19.1 Å². The average molecular weight is 442 g/mol. The van der Waals surface area contributed by atoms with Crippen LogP contribution in [0.2, 0.25) is 0 Å². The van der Waals surface area contributed by atoms with Gasteiger partial charge in [-0.15, -0.1) is 0 Å². The van der Waals surface area contributed by atoms with Crippen molar-refractivity contribution in [2.24, 2.45) is 0 Å². The summed E-state index contributed by atoms with van der Waals surface area (Å²) < 4.78 is 22.0. The summed E-state index contributed by atoms with van der Waals surface area (Å²) in [5, 5.41) is 60.4. The van der Waals surface area contributed by atoms with Crippen molar-refractivity contribution < 1.29 is 49.6 Å². The maximum atomic E-state index is 10.3. The lowest BCUT2D eigenvalue weighted by molar-refractivity contribution is -0.318. The summed E-state index contributed by atoms with van der Waals surface area (Å²) in [7, 11) is 0. The molecule has 1 aromatic carbocycles. The Kier molecular flexibility index (Phi) is 8.03. The number of hydrogen-bond donors (Lipinski definition) is 6. The molecule has 2 fully saturated rings. The molecule has 10 heteroatoms. The number of ether oxygens (including phenoxy) is 4. The molecule has 174 valence electrons. The lowest BCUT2D eigenvalue weighted by Gasteiger charge is -2.42. The number of rotatable bonds is 6. The van der Waals surface area contributed by atoms with Crippen LogP contribution < -0.4 is 4.74 Å². The molecule has 0 bridgehead atoms. The fraction of sp³-hybridized carbons (Fsp3) is 0.619. The summed E-state index contributed by atoms with van der Waals surface area (Å²) in [6, 6.07) is 6.96. The lowest BCUT2D eigenvalue weighted by Crippen LogP contribution is -2.61. The highest BCUT2D eigenvalue weighted by atomic mass is 16.7. The molecule has 10 nitrogen and oxygen atoms in total. The largest absolute Gasteiger partial charge is 0.462 e. The van der Waals surface area contributed by atoms with E-state index in [4.69, 9.17) is 18.9 Å². The Morgan fingerprint density at radius 3 is 2.06 bits per heavy atom. The van der Waals surface area contributed by atoms with E-state index in [1.165, 1.54) is 6.92 Å². The van der Waals surface area contributed by atoms with Crippen molar-refractivity contribution in [3.05, 3.63) is 35.9 Å². The van der Waals surface area contributed by atoms with E-state index in [2.05, 4.69) is 0 Å². The number of hydrogen-bond acceptors (Lipinski definition) is 10. The van der Waals surface area contributed by atoms with Gasteiger partial charge in [0.25, 0.3) is 0 Å². The second-order valence-electron chi connectivity index (χ2n) is 7.72. The predicted molar refractivity (Wildman–Crippen MR) is 107 cm³/mol. The summed E-state index contributed by atoms with van der Waals surface area (Å²) in [6.45, 7) is 3.06. The van der Waals surface area contributed by atoms with Crippen LogP contribution in [0.25, 0.3) is 6.08 Å². The monoisotopic (exact) mass is 442 g/mol. The first-order chi connectivity index (χ1) is 14.7. The summed E-state index contributed by atoms with van der Waals surface area (Å²) in [6.07, 6.45) is -9.56. The normalized spacial score (nSPS) is 41.4. The highest BCUT2D eigenvalue weighted by molar-refractivity contribution is 5.50. The first-order valence-corrected chi connectivity index (χ1v) is 10.1. The Hall–Kier alpha value is -1.60. The van der Waals surface area contributed by atoms with Crippen molar-refractivity contribution in [1.29, 1.82) is 0 Å². The van der Waals surface area contributed by atoms with Crippen LogP contribution in [0.4, 0.5) is 0 Å². The molecule has 0 amide bonds. The zero-order valence-electron chi connectivity index (χ0n) is 17.3. The average Bonchev–Trinajstić information content (AvgIpc) is 2.76. The van der Waals surface area contributed by atoms with Gasteiger partial charge < -0.3 is 49.6 Å². The van der Waals surface area contributed by atoms with E-state index in [9.17, 15) is 30.6 Å². The number of aliphatic hydroxyl groups is 6. The van der Waals surface area contributed by atoms with Gasteiger partial charge in [-0.05, 0) is 31.5 Å². The second-order valence-corrected chi connectivity index (χ2v) is 7.72. The fourth-order valence-corrected chi connectivity index (χ4v) is 3.48. The first kappa shape index (κ1) is 24.1. The Labute approximate surface area is 179 Å². The van der Waals surface area contributed by atoms with Gasteiger partial charge in [0.05, 0.1) is 12.7 Å². The third kappa shape index (κ3) is 5.43. The summed E-state index contributed by atoms with van der Waals surface area (Å²) >= 11 is 0. The molecule has 0 radical (unpaired) electrons. The van der Waals surface area contributed by atoms with Crippen molar-refractivity contribution in [2.75, 3.05) is 6.61 Å². The molecule has 31 heavy (non-hydrogen) atoms. The molecule has 2 heterocycles. The third-order valence-corrected chi connectivity index (χ3v) is 5.39. The van der Waals surface area contributed by atoms with Crippen molar-refractivity contribution in [2.45, 2.75) is 75.3 Å². The molecule has 0 unspecified atom stereocenters. The Balaban J connectivity index is 1.63. The molecule has 2 aliphatic heterocycles. The van der Waals surface area contributed by atoms with Crippen LogP contribution in [0.15, 0.2) is 30.3 Å². The molecule has 2 aliphatic rings. The van der Waals surface area contributed by atoms with Crippen LogP contribution in [0, 0.1) is 0 Å². The van der Waals surface area contributed by atoms with E-state index >= 15 is 0 Å². The maximum absolute atomic E-state index is 10.3. The highest BCUT2D eigenvalue weighted by Crippen LogP contribution is 2.27. The van der Waals surface area contributed by atoms with Crippen LogP contribution in [-0.4, -0.2) is 98.7 Å². The zero-order valence-corrected chi connectivity index (χ0v) is 17.3. The van der Waals surface area contributed by atoms with Gasteiger partial charge in [-0.1, -0.05) is 24.3 Å². The summed E-state index contributed by atoms with van der Waals surface area (Å²) in [5.41, 5.74) is 0.953. The number of allylic oxidation sites excluding steroid dienone is 1. The van der Waals surface area contributed by atoms with Crippen molar-refractivity contribution in [3.8, 4) is 5.75 Å². The molecule has 0 spiro atoms. The standard InChI is InChI=1S/C21H30O10/c1-3-4-11-5-7-12(8-6-11)30-21-19(27)17(25)15(23)13(31-21)9-28-20-18(26)16(24)14(22)10(2)29-20/h3-8,10,13-27H,9H2,1-2H3/t10-,13-,14-,15-,16+,17+,18+,19-,20+,21-/m1/s1. The van der Waals surface area contributed by atoms with Crippen molar-refractivity contribution in [1.82, 2.24) is 0 Å². The molecule has 6 N–H and O–H groups in total. The van der Waals surface area contributed by atoms with Gasteiger partial charge in [0.15, 0.2) is 6.29 Å². The quantitative estimate of drug-likeness (QED) is 0.314. The zero-order chi connectivity index (χ0) is 22.7. The van der Waals surface area contributed by atoms with E-state index in [-0.39, 0.29) is 6.61 Å². The Morgan fingerprint density at radius 2 is 1.42 bits per heavy atom. The number of aliphatic hydroxyl groups excluding tert-OH is 6. The molecule has 0 saturated carbocycles. The van der Waals surface area contributed by atoms with Gasteiger partial charge >= 0.3 is 0 Å².